The normalized spacial score (nSPS) is 20.0. The second kappa shape index (κ2) is 6.01. The molecule has 1 saturated carbocycles. The Morgan fingerprint density at radius 3 is 2.78 bits per heavy atom. The summed E-state index contributed by atoms with van der Waals surface area (Å²) in [5, 5.41) is 4.53. The van der Waals surface area contributed by atoms with Crippen molar-refractivity contribution in [2.24, 2.45) is 5.92 Å². The fourth-order valence-corrected chi connectivity index (χ4v) is 3.60. The zero-order valence-electron chi connectivity index (χ0n) is 12.8. The Balaban J connectivity index is 1.35. The number of carbonyl (C=O) groups excluding carboxylic acids is 1. The number of likely N-dealkylation sites (tertiary alicyclic amines) is 1. The average Bonchev–Trinajstić information content (AvgIpc) is 3.14. The quantitative estimate of drug-likeness (QED) is 0.892. The molecule has 2 N–H and O–H groups in total. The number of carbonyl (C=O) groups is 1. The molecule has 3 heterocycles. The Hall–Kier alpha value is -1.80. The molecule has 2 aliphatic rings. The molecule has 0 unspecified atom stereocenters. The third kappa shape index (κ3) is 3.28. The van der Waals surface area contributed by atoms with Crippen LogP contribution in [0, 0.1) is 5.92 Å². The van der Waals surface area contributed by atoms with Gasteiger partial charge < -0.3 is 10.3 Å². The van der Waals surface area contributed by atoms with Gasteiger partial charge in [-0.05, 0) is 38.8 Å². The molecule has 1 aliphatic heterocycles. The van der Waals surface area contributed by atoms with E-state index in [1.54, 1.807) is 6.20 Å². The molecule has 0 amide bonds. The molecular weight excluding hydrogens is 314 g/mol. The second-order valence-corrected chi connectivity index (χ2v) is 7.37. The molecule has 1 saturated heterocycles. The Morgan fingerprint density at radius 2 is 2.13 bits per heavy atom. The number of nitrogen functional groups attached to an aromatic ring is 1. The minimum Gasteiger partial charge on any atom is -0.375 e. The Kier molecular flexibility index (Phi) is 3.86. The number of rotatable bonds is 5. The summed E-state index contributed by atoms with van der Waals surface area (Å²) in [6.07, 6.45) is 5.74. The van der Waals surface area contributed by atoms with Crippen LogP contribution in [-0.2, 0) is 4.79 Å². The van der Waals surface area contributed by atoms with Crippen LogP contribution in [0.2, 0.25) is 0 Å². The van der Waals surface area contributed by atoms with Crippen LogP contribution in [0.4, 0.5) is 5.13 Å². The van der Waals surface area contributed by atoms with Crippen molar-refractivity contribution in [1.29, 1.82) is 0 Å². The summed E-state index contributed by atoms with van der Waals surface area (Å²) < 4.78 is 5.42. The zero-order valence-corrected chi connectivity index (χ0v) is 13.6. The van der Waals surface area contributed by atoms with Gasteiger partial charge in [0.15, 0.2) is 5.13 Å². The summed E-state index contributed by atoms with van der Waals surface area (Å²) in [5.74, 6) is 2.26. The number of piperidine rings is 1. The third-order valence-corrected chi connectivity index (χ3v) is 5.36. The van der Waals surface area contributed by atoms with Gasteiger partial charge in [0.25, 0.3) is 0 Å². The van der Waals surface area contributed by atoms with Crippen LogP contribution in [0.1, 0.15) is 37.5 Å². The van der Waals surface area contributed by atoms with Gasteiger partial charge in [0, 0.05) is 11.8 Å². The van der Waals surface area contributed by atoms with E-state index < -0.39 is 0 Å². The van der Waals surface area contributed by atoms with Gasteiger partial charge in [-0.15, -0.1) is 0 Å². The van der Waals surface area contributed by atoms with E-state index in [0.717, 1.165) is 43.6 Å². The fraction of sp³-hybridized carbons (Fsp3) is 0.600. The van der Waals surface area contributed by atoms with E-state index in [2.05, 4.69) is 20.0 Å². The predicted octanol–water partition coefficient (Wildman–Crippen LogP) is 1.93. The van der Waals surface area contributed by atoms with Gasteiger partial charge in [0.05, 0.1) is 17.6 Å². The van der Waals surface area contributed by atoms with Crippen molar-refractivity contribution in [2.45, 2.75) is 31.6 Å². The van der Waals surface area contributed by atoms with Gasteiger partial charge >= 0.3 is 0 Å². The molecule has 0 bridgehead atoms. The number of Topliss-reactive ketones (excluding diaryl/α,β-unsaturated/α-hetero) is 1. The fourth-order valence-electron chi connectivity index (χ4n) is 2.98. The average molecular weight is 333 g/mol. The summed E-state index contributed by atoms with van der Waals surface area (Å²) >= 11 is 1.35. The first-order valence-corrected chi connectivity index (χ1v) is 8.81. The van der Waals surface area contributed by atoms with Crippen LogP contribution in [0.3, 0.4) is 0 Å². The molecule has 0 atom stereocenters. The Bertz CT molecular complexity index is 700. The number of ketones is 1. The molecule has 122 valence electrons. The van der Waals surface area contributed by atoms with Crippen molar-refractivity contribution < 1.29 is 9.32 Å². The third-order valence-electron chi connectivity index (χ3n) is 4.53. The highest BCUT2D eigenvalue weighted by Crippen LogP contribution is 2.32. The number of anilines is 1. The maximum Gasteiger partial charge on any atom is 0.230 e. The van der Waals surface area contributed by atoms with E-state index in [-0.39, 0.29) is 5.92 Å². The van der Waals surface area contributed by atoms with Crippen molar-refractivity contribution in [1.82, 2.24) is 20.0 Å². The molecule has 2 fully saturated rings. The van der Waals surface area contributed by atoms with E-state index in [0.29, 0.717) is 35.1 Å². The van der Waals surface area contributed by atoms with Crippen molar-refractivity contribution in [2.75, 3.05) is 25.4 Å². The molecule has 2 aromatic heterocycles. The lowest BCUT2D eigenvalue weighted by Crippen LogP contribution is -2.37. The summed E-state index contributed by atoms with van der Waals surface area (Å²) in [6.45, 7) is 2.43. The van der Waals surface area contributed by atoms with Gasteiger partial charge in [-0.1, -0.05) is 16.5 Å². The summed E-state index contributed by atoms with van der Waals surface area (Å²) in [6, 6.07) is 0. The van der Waals surface area contributed by atoms with E-state index in [1.165, 1.54) is 11.3 Å². The van der Waals surface area contributed by atoms with Crippen molar-refractivity contribution >= 4 is 22.3 Å². The second-order valence-electron chi connectivity index (χ2n) is 6.31. The van der Waals surface area contributed by atoms with Crippen LogP contribution < -0.4 is 5.73 Å². The monoisotopic (exact) mass is 333 g/mol. The molecule has 0 aromatic carbocycles. The molecule has 0 spiro atoms. The summed E-state index contributed by atoms with van der Waals surface area (Å²) in [4.78, 5) is 23.5. The predicted molar refractivity (Wildman–Crippen MR) is 86.0 cm³/mol. The van der Waals surface area contributed by atoms with Crippen molar-refractivity contribution in [3.05, 3.63) is 12.1 Å². The molecule has 7 nitrogen and oxygen atoms in total. The molecule has 2 aromatic rings. The van der Waals surface area contributed by atoms with Gasteiger partial charge in [-0.25, -0.2) is 4.98 Å². The number of nitrogens with zero attached hydrogens (tertiary/aromatic N) is 4. The van der Waals surface area contributed by atoms with Gasteiger partial charge in [0.2, 0.25) is 11.7 Å². The number of hydrogen-bond donors (Lipinski definition) is 1. The van der Waals surface area contributed by atoms with Crippen molar-refractivity contribution in [3.63, 3.8) is 0 Å². The van der Waals surface area contributed by atoms with E-state index >= 15 is 0 Å². The highest BCUT2D eigenvalue weighted by Gasteiger charge is 2.32. The number of nitrogens with two attached hydrogens (primary N) is 1. The SMILES string of the molecule is Nc1ncc(-c2noc(C3CCN(CC(=O)C4CC4)CC3)n2)s1. The molecule has 8 heteroatoms. The van der Waals surface area contributed by atoms with E-state index in [4.69, 9.17) is 10.3 Å². The molecular formula is C15H19N5O2S. The maximum absolute atomic E-state index is 11.9. The molecule has 4 rings (SSSR count). The minimum atomic E-state index is 0.272. The van der Waals surface area contributed by atoms with E-state index in [9.17, 15) is 4.79 Å². The minimum absolute atomic E-state index is 0.272. The lowest BCUT2D eigenvalue weighted by atomic mass is 9.96. The Labute approximate surface area is 137 Å². The largest absolute Gasteiger partial charge is 0.375 e. The highest BCUT2D eigenvalue weighted by molar-refractivity contribution is 7.18. The number of thiazole rings is 1. The number of hydrogen-bond acceptors (Lipinski definition) is 8. The number of aromatic nitrogens is 3. The van der Waals surface area contributed by atoms with Crippen LogP contribution in [0.25, 0.3) is 10.7 Å². The lowest BCUT2D eigenvalue weighted by molar-refractivity contribution is -0.121. The van der Waals surface area contributed by atoms with Gasteiger partial charge in [-0.3, -0.25) is 9.69 Å². The smallest absolute Gasteiger partial charge is 0.230 e. The van der Waals surface area contributed by atoms with Gasteiger partial charge in [-0.2, -0.15) is 4.98 Å². The Morgan fingerprint density at radius 1 is 1.35 bits per heavy atom. The first-order valence-electron chi connectivity index (χ1n) is 7.99. The lowest BCUT2D eigenvalue weighted by Gasteiger charge is -2.29. The topological polar surface area (TPSA) is 98.1 Å². The maximum atomic E-state index is 11.9. The van der Waals surface area contributed by atoms with E-state index in [1.807, 2.05) is 0 Å². The van der Waals surface area contributed by atoms with Crippen LogP contribution in [0.5, 0.6) is 0 Å². The first-order chi connectivity index (χ1) is 11.2. The van der Waals surface area contributed by atoms with Crippen LogP contribution in [0.15, 0.2) is 10.7 Å². The van der Waals surface area contributed by atoms with Gasteiger partial charge in [0.1, 0.15) is 5.78 Å². The molecule has 1 aliphatic carbocycles. The summed E-state index contributed by atoms with van der Waals surface area (Å²) in [7, 11) is 0. The van der Waals surface area contributed by atoms with Crippen molar-refractivity contribution in [3.8, 4) is 10.7 Å². The summed E-state index contributed by atoms with van der Waals surface area (Å²) in [5.41, 5.74) is 5.63. The highest BCUT2D eigenvalue weighted by atomic mass is 32.1. The first kappa shape index (κ1) is 14.8. The van der Waals surface area contributed by atoms with Crippen LogP contribution in [-0.4, -0.2) is 45.4 Å². The zero-order chi connectivity index (χ0) is 15.8. The molecule has 0 radical (unpaired) electrons. The molecule has 23 heavy (non-hydrogen) atoms. The van der Waals surface area contributed by atoms with Crippen LogP contribution >= 0.6 is 11.3 Å². The standard InChI is InChI=1S/C15H19N5O2S/c16-15-17-7-12(23-15)13-18-14(22-19-13)10-3-5-20(6-4-10)8-11(21)9-1-2-9/h7,9-10H,1-6,8H2,(H2,16,17).